The van der Waals surface area contributed by atoms with E-state index in [0.717, 1.165) is 11.3 Å². The van der Waals surface area contributed by atoms with Crippen molar-refractivity contribution in [1.29, 1.82) is 0 Å². The van der Waals surface area contributed by atoms with E-state index in [-0.39, 0.29) is 18.9 Å². The van der Waals surface area contributed by atoms with Gasteiger partial charge in [0.25, 0.3) is 0 Å². The summed E-state index contributed by atoms with van der Waals surface area (Å²) in [4.78, 5) is 21.7. The maximum absolute atomic E-state index is 11.4. The van der Waals surface area contributed by atoms with Crippen LogP contribution in [0.25, 0.3) is 0 Å². The number of carboxylic acid groups (broad SMARTS) is 1. The number of carboxylic acids is 1. The van der Waals surface area contributed by atoms with Gasteiger partial charge in [-0.1, -0.05) is 17.7 Å². The molecule has 2 N–H and O–H groups in total. The molecule has 0 aromatic heterocycles. The molecule has 5 heteroatoms. The molecule has 0 aliphatic rings. The van der Waals surface area contributed by atoms with Crippen molar-refractivity contribution in [1.82, 2.24) is 5.32 Å². The summed E-state index contributed by atoms with van der Waals surface area (Å²) in [6.07, 6.45) is 0.890. The number of hydrogen-bond donors (Lipinski definition) is 2. The first-order valence-electron chi connectivity index (χ1n) is 6.67. The smallest absolute Gasteiger partial charge is 0.305 e. The Labute approximate surface area is 118 Å². The van der Waals surface area contributed by atoms with E-state index in [1.165, 1.54) is 5.56 Å². The van der Waals surface area contributed by atoms with Crippen LogP contribution in [-0.2, 0) is 9.59 Å². The average Bonchev–Trinajstić information content (AvgIpc) is 2.36. The van der Waals surface area contributed by atoms with Crippen LogP contribution in [0.1, 0.15) is 30.4 Å². The Kier molecular flexibility index (Phi) is 6.56. The van der Waals surface area contributed by atoms with Crippen molar-refractivity contribution in [3.8, 4) is 5.75 Å². The van der Waals surface area contributed by atoms with Crippen LogP contribution in [0.3, 0.4) is 0 Å². The predicted molar refractivity (Wildman–Crippen MR) is 75.9 cm³/mol. The molecule has 0 heterocycles. The van der Waals surface area contributed by atoms with Gasteiger partial charge < -0.3 is 15.2 Å². The number of aliphatic carboxylic acids is 1. The van der Waals surface area contributed by atoms with E-state index in [1.807, 2.05) is 32.0 Å². The fourth-order valence-corrected chi connectivity index (χ4v) is 1.77. The Balaban J connectivity index is 2.18. The lowest BCUT2D eigenvalue weighted by Gasteiger charge is -2.09. The molecule has 0 unspecified atom stereocenters. The van der Waals surface area contributed by atoms with Crippen LogP contribution in [0.5, 0.6) is 5.75 Å². The van der Waals surface area contributed by atoms with Crippen molar-refractivity contribution >= 4 is 11.9 Å². The molecule has 0 aliphatic carbocycles. The van der Waals surface area contributed by atoms with Crippen molar-refractivity contribution in [2.45, 2.75) is 33.1 Å². The zero-order valence-electron chi connectivity index (χ0n) is 11.9. The molecular formula is C15H21NO4. The summed E-state index contributed by atoms with van der Waals surface area (Å²) in [6.45, 7) is 4.65. The molecular weight excluding hydrogens is 258 g/mol. The predicted octanol–water partition coefficient (Wildman–Crippen LogP) is 2.05. The molecule has 110 valence electrons. The van der Waals surface area contributed by atoms with Gasteiger partial charge >= 0.3 is 5.97 Å². The van der Waals surface area contributed by atoms with Gasteiger partial charge in [0.1, 0.15) is 5.75 Å². The van der Waals surface area contributed by atoms with Gasteiger partial charge in [0.15, 0.2) is 0 Å². The SMILES string of the molecule is Cc1ccc(OCCCC(=O)NCCC(=O)O)c(C)c1. The minimum Gasteiger partial charge on any atom is -0.493 e. The number of aryl methyl sites for hydroxylation is 2. The third kappa shape index (κ3) is 6.22. The Morgan fingerprint density at radius 2 is 2.00 bits per heavy atom. The number of nitrogens with one attached hydrogen (secondary N) is 1. The molecule has 0 saturated heterocycles. The van der Waals surface area contributed by atoms with Gasteiger partial charge in [-0.2, -0.15) is 0 Å². The van der Waals surface area contributed by atoms with Crippen LogP contribution < -0.4 is 10.1 Å². The van der Waals surface area contributed by atoms with E-state index in [2.05, 4.69) is 5.32 Å². The molecule has 1 rings (SSSR count). The second-order valence-electron chi connectivity index (χ2n) is 4.71. The largest absolute Gasteiger partial charge is 0.493 e. The second kappa shape index (κ2) is 8.19. The third-order valence-corrected chi connectivity index (χ3v) is 2.80. The molecule has 0 fully saturated rings. The second-order valence-corrected chi connectivity index (χ2v) is 4.71. The number of carbonyl (C=O) groups is 2. The summed E-state index contributed by atoms with van der Waals surface area (Å²) in [5.41, 5.74) is 2.27. The van der Waals surface area contributed by atoms with Crippen LogP contribution in [0.4, 0.5) is 0 Å². The number of hydrogen-bond acceptors (Lipinski definition) is 3. The zero-order chi connectivity index (χ0) is 15.0. The average molecular weight is 279 g/mol. The van der Waals surface area contributed by atoms with Crippen molar-refractivity contribution in [3.63, 3.8) is 0 Å². The van der Waals surface area contributed by atoms with Crippen molar-refractivity contribution in [3.05, 3.63) is 29.3 Å². The van der Waals surface area contributed by atoms with Crippen LogP contribution in [0, 0.1) is 13.8 Å². The first-order chi connectivity index (χ1) is 9.49. The summed E-state index contributed by atoms with van der Waals surface area (Å²) in [5.74, 6) is -0.221. The summed E-state index contributed by atoms with van der Waals surface area (Å²) >= 11 is 0. The molecule has 0 aliphatic heterocycles. The van der Waals surface area contributed by atoms with Crippen LogP contribution in [0.2, 0.25) is 0 Å². The Morgan fingerprint density at radius 3 is 2.65 bits per heavy atom. The number of carbonyl (C=O) groups excluding carboxylic acids is 1. The van der Waals surface area contributed by atoms with E-state index >= 15 is 0 Å². The van der Waals surface area contributed by atoms with E-state index in [9.17, 15) is 9.59 Å². The van der Waals surface area contributed by atoms with Crippen molar-refractivity contribution in [2.75, 3.05) is 13.2 Å². The highest BCUT2D eigenvalue weighted by atomic mass is 16.5. The highest BCUT2D eigenvalue weighted by molar-refractivity contribution is 5.76. The minimum atomic E-state index is -0.913. The standard InChI is InChI=1S/C15H21NO4/c1-11-5-6-13(12(2)10-11)20-9-3-4-14(17)16-8-7-15(18)19/h5-6,10H,3-4,7-9H2,1-2H3,(H,16,17)(H,18,19). The van der Waals surface area contributed by atoms with Gasteiger partial charge in [0.2, 0.25) is 5.91 Å². The van der Waals surface area contributed by atoms with Crippen LogP contribution in [-0.4, -0.2) is 30.1 Å². The number of amides is 1. The molecule has 0 bridgehead atoms. The van der Waals surface area contributed by atoms with E-state index in [1.54, 1.807) is 0 Å². The normalized spacial score (nSPS) is 10.1. The lowest BCUT2D eigenvalue weighted by atomic mass is 10.1. The number of benzene rings is 1. The number of rotatable bonds is 8. The van der Waals surface area contributed by atoms with Crippen molar-refractivity contribution in [2.24, 2.45) is 0 Å². The molecule has 5 nitrogen and oxygen atoms in total. The van der Waals surface area contributed by atoms with Gasteiger partial charge in [0.05, 0.1) is 13.0 Å². The molecule has 0 saturated carbocycles. The highest BCUT2D eigenvalue weighted by Gasteiger charge is 2.04. The third-order valence-electron chi connectivity index (χ3n) is 2.80. The van der Waals surface area contributed by atoms with Crippen LogP contribution >= 0.6 is 0 Å². The molecule has 0 spiro atoms. The van der Waals surface area contributed by atoms with E-state index < -0.39 is 5.97 Å². The molecule has 0 atom stereocenters. The van der Waals surface area contributed by atoms with Crippen molar-refractivity contribution < 1.29 is 19.4 Å². The maximum Gasteiger partial charge on any atom is 0.305 e. The molecule has 1 aromatic rings. The van der Waals surface area contributed by atoms with E-state index in [4.69, 9.17) is 9.84 Å². The summed E-state index contributed by atoms with van der Waals surface area (Å²) < 4.78 is 5.61. The Hall–Kier alpha value is -2.04. The molecule has 1 amide bonds. The minimum absolute atomic E-state index is 0.0508. The van der Waals surface area contributed by atoms with Crippen LogP contribution in [0.15, 0.2) is 18.2 Å². The Bertz CT molecular complexity index is 471. The lowest BCUT2D eigenvalue weighted by Crippen LogP contribution is -2.26. The highest BCUT2D eigenvalue weighted by Crippen LogP contribution is 2.18. The monoisotopic (exact) mass is 279 g/mol. The van der Waals surface area contributed by atoms with Gasteiger partial charge in [0, 0.05) is 13.0 Å². The fraction of sp³-hybridized carbons (Fsp3) is 0.467. The number of ether oxygens (including phenoxy) is 1. The maximum atomic E-state index is 11.4. The zero-order valence-corrected chi connectivity index (χ0v) is 11.9. The van der Waals surface area contributed by atoms with Gasteiger partial charge in [-0.25, -0.2) is 0 Å². The quantitative estimate of drug-likeness (QED) is 0.714. The van der Waals surface area contributed by atoms with E-state index in [0.29, 0.717) is 19.4 Å². The Morgan fingerprint density at radius 1 is 1.25 bits per heavy atom. The summed E-state index contributed by atoms with van der Waals surface area (Å²) in [5, 5.41) is 11.0. The first-order valence-corrected chi connectivity index (χ1v) is 6.67. The first kappa shape index (κ1) is 16.0. The van der Waals surface area contributed by atoms with Gasteiger partial charge in [-0.05, 0) is 31.9 Å². The summed E-state index contributed by atoms with van der Waals surface area (Å²) in [7, 11) is 0. The van der Waals surface area contributed by atoms with Gasteiger partial charge in [-0.15, -0.1) is 0 Å². The molecule has 20 heavy (non-hydrogen) atoms. The molecule has 1 aromatic carbocycles. The molecule has 0 radical (unpaired) electrons. The fourth-order valence-electron chi connectivity index (χ4n) is 1.77. The lowest BCUT2D eigenvalue weighted by molar-refractivity contribution is -0.136. The summed E-state index contributed by atoms with van der Waals surface area (Å²) in [6, 6.07) is 5.96. The van der Waals surface area contributed by atoms with Gasteiger partial charge in [-0.3, -0.25) is 9.59 Å². The topological polar surface area (TPSA) is 75.6 Å².